The smallest absolute Gasteiger partial charge is 0.233 e. The van der Waals surface area contributed by atoms with Gasteiger partial charge in [-0.1, -0.05) is 82.0 Å². The number of allylic oxidation sites excluding steroid dienone is 2. The first-order valence-electron chi connectivity index (χ1n) is 15.1. The number of carbonyl (C=O) groups is 2. The molecule has 4 rings (SSSR count). The fourth-order valence-corrected chi connectivity index (χ4v) is 3.92. The van der Waals surface area contributed by atoms with Gasteiger partial charge in [0.1, 0.15) is 11.6 Å². The number of ketones is 1. The number of Topliss-reactive ketones (excluding diaryl/α,β-unsaturated/α-hetero) is 1. The zero-order chi connectivity index (χ0) is 32.2. The number of carbonyl (C=O) groups excluding carboxylic acids is 2. The topological polar surface area (TPSA) is 71.5 Å². The Kier molecular flexibility index (Phi) is 17.7. The number of ether oxygens (including phenoxy) is 1. The van der Waals surface area contributed by atoms with Crippen molar-refractivity contribution in [3.8, 4) is 5.75 Å². The first-order chi connectivity index (χ1) is 20.6. The van der Waals surface area contributed by atoms with Crippen LogP contribution in [0.3, 0.4) is 0 Å². The Balaban J connectivity index is 0.000000422. The number of anilines is 2. The minimum atomic E-state index is -0.112. The molecule has 2 aromatic carbocycles. The minimum absolute atomic E-state index is 0.0648. The van der Waals surface area contributed by atoms with Crippen molar-refractivity contribution < 1.29 is 14.3 Å². The van der Waals surface area contributed by atoms with Crippen LogP contribution in [-0.4, -0.2) is 36.9 Å². The van der Waals surface area contributed by atoms with Crippen LogP contribution in [0.1, 0.15) is 65.5 Å². The van der Waals surface area contributed by atoms with Gasteiger partial charge in [-0.15, -0.1) is 0 Å². The number of unbranched alkanes of at least 4 members (excludes halogenated alkanes) is 1. The van der Waals surface area contributed by atoms with Crippen LogP contribution in [0.5, 0.6) is 5.75 Å². The Morgan fingerprint density at radius 2 is 1.63 bits per heavy atom. The van der Waals surface area contributed by atoms with Crippen LogP contribution in [0.25, 0.3) is 0 Å². The van der Waals surface area contributed by atoms with Gasteiger partial charge < -0.3 is 15.0 Å². The molecule has 1 aliphatic heterocycles. The van der Waals surface area contributed by atoms with Crippen molar-refractivity contribution in [2.24, 2.45) is 5.92 Å². The molecule has 1 amide bonds. The molecule has 0 aliphatic carbocycles. The summed E-state index contributed by atoms with van der Waals surface area (Å²) in [5.41, 5.74) is 5.28. The third kappa shape index (κ3) is 14.5. The van der Waals surface area contributed by atoms with Gasteiger partial charge in [-0.2, -0.15) is 0 Å². The van der Waals surface area contributed by atoms with Crippen molar-refractivity contribution in [3.05, 3.63) is 108 Å². The highest BCUT2D eigenvalue weighted by Gasteiger charge is 2.26. The van der Waals surface area contributed by atoms with Crippen LogP contribution in [-0.2, 0) is 22.4 Å². The van der Waals surface area contributed by atoms with Crippen LogP contribution in [0.15, 0.2) is 97.2 Å². The van der Waals surface area contributed by atoms with Crippen molar-refractivity contribution in [3.63, 3.8) is 0 Å². The molecule has 43 heavy (non-hydrogen) atoms. The lowest BCUT2D eigenvalue weighted by Crippen LogP contribution is -2.31. The van der Waals surface area contributed by atoms with E-state index in [0.29, 0.717) is 12.2 Å². The van der Waals surface area contributed by atoms with Crippen molar-refractivity contribution in [1.82, 2.24) is 4.98 Å². The largest absolute Gasteiger partial charge is 0.491 e. The summed E-state index contributed by atoms with van der Waals surface area (Å²) in [6.45, 7) is 19.7. The summed E-state index contributed by atoms with van der Waals surface area (Å²) in [4.78, 5) is 28.3. The monoisotopic (exact) mass is 585 g/mol. The van der Waals surface area contributed by atoms with Gasteiger partial charge in [0.2, 0.25) is 5.91 Å². The normalized spacial score (nSPS) is 13.1. The van der Waals surface area contributed by atoms with E-state index in [1.165, 1.54) is 23.6 Å². The van der Waals surface area contributed by atoms with Crippen LogP contribution in [0, 0.1) is 5.92 Å². The maximum atomic E-state index is 12.3. The van der Waals surface area contributed by atoms with Gasteiger partial charge in [-0.3, -0.25) is 9.59 Å². The SMILES string of the molecule is C=C(C)C(C)=O.C=C(C)Cc1ccccc1.CC.C[C@H]1COc2ccc(CCCCNc3ccccn3)cc2N(C)C1=O. The molecule has 0 unspecified atom stereocenters. The quantitative estimate of drug-likeness (QED) is 0.155. The predicted molar refractivity (Wildman–Crippen MR) is 182 cm³/mol. The minimum Gasteiger partial charge on any atom is -0.491 e. The standard InChI is InChI=1S/C20H25N3O2.C10H12.C5H8O.C2H6/c1-15-14-25-18-10-9-16(13-17(18)23(2)20(15)24)7-3-5-11-21-19-8-4-6-12-22-19;1-9(2)8-10-6-4-3-5-7-10;1-4(2)5(3)6;1-2/h4,6,8-10,12-13,15H,3,5,7,11,14H2,1-2H3,(H,21,22);3-7H,1,8H2,2H3;1H2,2-3H3;1-2H3/t15-;;;/m0.../s1. The Hall–Kier alpha value is -4.19. The number of nitrogens with one attached hydrogen (secondary N) is 1. The third-order valence-corrected chi connectivity index (χ3v) is 6.44. The number of benzene rings is 2. The molecule has 0 saturated carbocycles. The van der Waals surface area contributed by atoms with E-state index in [4.69, 9.17) is 4.74 Å². The predicted octanol–water partition coefficient (Wildman–Crippen LogP) is 8.49. The van der Waals surface area contributed by atoms with Gasteiger partial charge in [0.25, 0.3) is 0 Å². The average Bonchev–Trinajstić information content (AvgIpc) is 3.11. The molecular formula is C37H51N3O3. The second-order valence-corrected chi connectivity index (χ2v) is 10.5. The van der Waals surface area contributed by atoms with Crippen LogP contribution < -0.4 is 15.0 Å². The average molecular weight is 586 g/mol. The molecular weight excluding hydrogens is 534 g/mol. The van der Waals surface area contributed by atoms with Gasteiger partial charge >= 0.3 is 0 Å². The highest BCUT2D eigenvalue weighted by atomic mass is 16.5. The van der Waals surface area contributed by atoms with Crippen molar-refractivity contribution >= 4 is 23.2 Å². The molecule has 6 heteroatoms. The molecule has 6 nitrogen and oxygen atoms in total. The van der Waals surface area contributed by atoms with E-state index in [2.05, 4.69) is 59.9 Å². The van der Waals surface area contributed by atoms with E-state index >= 15 is 0 Å². The van der Waals surface area contributed by atoms with Crippen molar-refractivity contribution in [2.75, 3.05) is 30.4 Å². The van der Waals surface area contributed by atoms with E-state index in [1.807, 2.05) is 65.1 Å². The first-order valence-corrected chi connectivity index (χ1v) is 15.1. The summed E-state index contributed by atoms with van der Waals surface area (Å²) >= 11 is 0. The Bertz CT molecular complexity index is 1260. The number of hydrogen-bond donors (Lipinski definition) is 1. The second-order valence-electron chi connectivity index (χ2n) is 10.5. The zero-order valence-corrected chi connectivity index (χ0v) is 27.3. The number of fused-ring (bicyclic) bond motifs is 1. The lowest BCUT2D eigenvalue weighted by Gasteiger charge is -2.18. The maximum Gasteiger partial charge on any atom is 0.233 e. The summed E-state index contributed by atoms with van der Waals surface area (Å²) in [5.74, 6) is 1.77. The number of nitrogens with zero attached hydrogens (tertiary/aromatic N) is 2. The van der Waals surface area contributed by atoms with Gasteiger partial charge in [0, 0.05) is 19.8 Å². The maximum absolute atomic E-state index is 12.3. The Labute approximate surface area is 259 Å². The zero-order valence-electron chi connectivity index (χ0n) is 27.3. The van der Waals surface area contributed by atoms with E-state index in [-0.39, 0.29) is 17.6 Å². The fourth-order valence-electron chi connectivity index (χ4n) is 3.92. The number of aryl methyl sites for hydroxylation is 1. The summed E-state index contributed by atoms with van der Waals surface area (Å²) < 4.78 is 5.77. The molecule has 3 aromatic rings. The van der Waals surface area contributed by atoms with Gasteiger partial charge in [-0.25, -0.2) is 4.98 Å². The number of amides is 1. The highest BCUT2D eigenvalue weighted by Crippen LogP contribution is 2.33. The Morgan fingerprint density at radius 1 is 0.977 bits per heavy atom. The molecule has 0 bridgehead atoms. The molecule has 1 aromatic heterocycles. The highest BCUT2D eigenvalue weighted by molar-refractivity contribution is 5.96. The summed E-state index contributed by atoms with van der Waals surface area (Å²) in [7, 11) is 1.83. The van der Waals surface area contributed by atoms with Crippen LogP contribution >= 0.6 is 0 Å². The lowest BCUT2D eigenvalue weighted by molar-refractivity contribution is -0.122. The molecule has 232 valence electrons. The molecule has 2 heterocycles. The summed E-state index contributed by atoms with van der Waals surface area (Å²) in [5, 5.41) is 3.32. The molecule has 0 fully saturated rings. The van der Waals surface area contributed by atoms with Crippen LogP contribution in [0.2, 0.25) is 0 Å². The van der Waals surface area contributed by atoms with Crippen molar-refractivity contribution in [1.29, 1.82) is 0 Å². The number of aromatic nitrogens is 1. The van der Waals surface area contributed by atoms with E-state index in [0.717, 1.165) is 49.5 Å². The van der Waals surface area contributed by atoms with Gasteiger partial charge in [0.15, 0.2) is 5.78 Å². The molecule has 0 radical (unpaired) electrons. The summed E-state index contributed by atoms with van der Waals surface area (Å²) in [6.07, 6.45) is 5.91. The molecule has 1 atom stereocenters. The van der Waals surface area contributed by atoms with Crippen LogP contribution in [0.4, 0.5) is 11.5 Å². The number of pyridine rings is 1. The van der Waals surface area contributed by atoms with E-state index in [9.17, 15) is 9.59 Å². The lowest BCUT2D eigenvalue weighted by atomic mass is 10.1. The third-order valence-electron chi connectivity index (χ3n) is 6.44. The van der Waals surface area contributed by atoms with Crippen molar-refractivity contribution in [2.45, 2.75) is 67.2 Å². The van der Waals surface area contributed by atoms with Gasteiger partial charge in [0.05, 0.1) is 18.2 Å². The first kappa shape index (κ1) is 36.8. The van der Waals surface area contributed by atoms with E-state index < -0.39 is 0 Å². The molecule has 1 aliphatic rings. The number of rotatable bonds is 9. The number of hydrogen-bond acceptors (Lipinski definition) is 5. The second kappa shape index (κ2) is 20.6. The molecule has 1 N–H and O–H groups in total. The van der Waals surface area contributed by atoms with E-state index in [1.54, 1.807) is 18.0 Å². The molecule has 0 spiro atoms. The van der Waals surface area contributed by atoms with Gasteiger partial charge in [-0.05, 0) is 87.4 Å². The fraction of sp³-hybridized carbons (Fsp3) is 0.378. The summed E-state index contributed by atoms with van der Waals surface area (Å²) in [6, 6.07) is 22.4. The Morgan fingerprint density at radius 3 is 2.21 bits per heavy atom. The molecule has 0 saturated heterocycles.